The summed E-state index contributed by atoms with van der Waals surface area (Å²) in [7, 11) is 0. The van der Waals surface area contributed by atoms with Gasteiger partial charge >= 0.3 is 0 Å². The minimum Gasteiger partial charge on any atom is -0.346 e. The van der Waals surface area contributed by atoms with Crippen molar-refractivity contribution < 1.29 is 9.18 Å². The van der Waals surface area contributed by atoms with E-state index in [0.29, 0.717) is 12.5 Å². The molecule has 2 aromatic carbocycles. The van der Waals surface area contributed by atoms with E-state index in [1.165, 1.54) is 11.6 Å². The lowest BCUT2D eigenvalue weighted by Gasteiger charge is -2.08. The number of para-hydroxylation sites is 1. The Hall–Kier alpha value is -3.22. The zero-order chi connectivity index (χ0) is 18.5. The summed E-state index contributed by atoms with van der Waals surface area (Å²) in [6.07, 6.45) is 0. The first-order chi connectivity index (χ1) is 12.5. The number of carbonyl (C=O) groups excluding carboxylic acids is 1. The van der Waals surface area contributed by atoms with Crippen molar-refractivity contribution in [2.24, 2.45) is 0 Å². The SMILES string of the molecule is CC(C)c1ccc(CNC(=O)c2n[nH]nc2Nc2ccccc2F)cc1. The summed E-state index contributed by atoms with van der Waals surface area (Å²) in [6, 6.07) is 14.2. The molecule has 1 aromatic heterocycles. The predicted molar refractivity (Wildman–Crippen MR) is 97.8 cm³/mol. The fourth-order valence-electron chi connectivity index (χ4n) is 2.45. The van der Waals surface area contributed by atoms with E-state index in [-0.39, 0.29) is 17.2 Å². The van der Waals surface area contributed by atoms with Crippen molar-refractivity contribution in [2.75, 3.05) is 5.32 Å². The van der Waals surface area contributed by atoms with Crippen molar-refractivity contribution in [1.82, 2.24) is 20.7 Å². The number of anilines is 2. The van der Waals surface area contributed by atoms with Crippen molar-refractivity contribution in [3.05, 3.63) is 71.2 Å². The number of rotatable bonds is 6. The van der Waals surface area contributed by atoms with Gasteiger partial charge in [0.15, 0.2) is 11.5 Å². The minimum absolute atomic E-state index is 0.0760. The zero-order valence-electron chi connectivity index (χ0n) is 14.6. The number of hydrogen-bond donors (Lipinski definition) is 3. The number of benzene rings is 2. The van der Waals surface area contributed by atoms with Gasteiger partial charge in [-0.3, -0.25) is 4.79 Å². The van der Waals surface area contributed by atoms with E-state index in [9.17, 15) is 9.18 Å². The van der Waals surface area contributed by atoms with Crippen LogP contribution in [0.2, 0.25) is 0 Å². The average molecular weight is 353 g/mol. The summed E-state index contributed by atoms with van der Waals surface area (Å²) in [5, 5.41) is 15.7. The lowest BCUT2D eigenvalue weighted by atomic mass is 10.0. The highest BCUT2D eigenvalue weighted by atomic mass is 19.1. The Labute approximate surface area is 150 Å². The Bertz CT molecular complexity index is 889. The highest BCUT2D eigenvalue weighted by molar-refractivity contribution is 5.97. The molecule has 1 amide bonds. The summed E-state index contributed by atoms with van der Waals surface area (Å²) in [4.78, 5) is 12.4. The molecule has 0 unspecified atom stereocenters. The van der Waals surface area contributed by atoms with Crippen molar-refractivity contribution in [3.63, 3.8) is 0 Å². The first-order valence-corrected chi connectivity index (χ1v) is 8.34. The van der Waals surface area contributed by atoms with Crippen LogP contribution in [0.15, 0.2) is 48.5 Å². The van der Waals surface area contributed by atoms with Gasteiger partial charge in [-0.1, -0.05) is 50.2 Å². The monoisotopic (exact) mass is 353 g/mol. The Morgan fingerprint density at radius 3 is 2.54 bits per heavy atom. The molecular formula is C19H20FN5O. The zero-order valence-corrected chi connectivity index (χ0v) is 14.6. The average Bonchev–Trinajstić information content (AvgIpc) is 3.10. The Balaban J connectivity index is 1.65. The van der Waals surface area contributed by atoms with Gasteiger partial charge in [-0.15, -0.1) is 10.2 Å². The van der Waals surface area contributed by atoms with Gasteiger partial charge in [0.05, 0.1) is 5.69 Å². The maximum Gasteiger partial charge on any atom is 0.275 e. The fraction of sp³-hybridized carbons (Fsp3) is 0.211. The lowest BCUT2D eigenvalue weighted by molar-refractivity contribution is 0.0946. The third kappa shape index (κ3) is 4.05. The van der Waals surface area contributed by atoms with Gasteiger partial charge in [-0.2, -0.15) is 5.21 Å². The van der Waals surface area contributed by atoms with Crippen LogP contribution in [0, 0.1) is 5.82 Å². The molecule has 0 saturated heterocycles. The molecule has 0 aliphatic carbocycles. The van der Waals surface area contributed by atoms with Crippen LogP contribution in [0.25, 0.3) is 0 Å². The van der Waals surface area contributed by atoms with E-state index in [4.69, 9.17) is 0 Å². The van der Waals surface area contributed by atoms with Crippen LogP contribution in [0.1, 0.15) is 41.4 Å². The van der Waals surface area contributed by atoms with Gasteiger partial charge in [0, 0.05) is 6.54 Å². The molecule has 0 saturated carbocycles. The van der Waals surface area contributed by atoms with Gasteiger partial charge in [0.1, 0.15) is 5.82 Å². The van der Waals surface area contributed by atoms with Crippen LogP contribution in [-0.2, 0) is 6.54 Å². The number of carbonyl (C=O) groups is 1. The molecule has 6 nitrogen and oxygen atoms in total. The molecule has 3 rings (SSSR count). The first kappa shape index (κ1) is 17.6. The molecule has 3 aromatic rings. The molecule has 0 radical (unpaired) electrons. The van der Waals surface area contributed by atoms with Gasteiger partial charge in [0.25, 0.3) is 5.91 Å². The second-order valence-corrected chi connectivity index (χ2v) is 6.20. The number of halogens is 1. The smallest absolute Gasteiger partial charge is 0.275 e. The van der Waals surface area contributed by atoms with Gasteiger partial charge in [0.2, 0.25) is 0 Å². The van der Waals surface area contributed by atoms with Gasteiger partial charge in [-0.25, -0.2) is 4.39 Å². The second kappa shape index (κ2) is 7.77. The number of aromatic nitrogens is 3. The van der Waals surface area contributed by atoms with Crippen molar-refractivity contribution in [3.8, 4) is 0 Å². The number of aromatic amines is 1. The van der Waals surface area contributed by atoms with Crippen LogP contribution in [-0.4, -0.2) is 21.3 Å². The first-order valence-electron chi connectivity index (χ1n) is 8.34. The summed E-state index contributed by atoms with van der Waals surface area (Å²) >= 11 is 0. The van der Waals surface area contributed by atoms with Crippen LogP contribution in [0.3, 0.4) is 0 Å². The molecule has 26 heavy (non-hydrogen) atoms. The highest BCUT2D eigenvalue weighted by Gasteiger charge is 2.17. The third-order valence-electron chi connectivity index (χ3n) is 3.99. The standard InChI is InChI=1S/C19H20FN5O/c1-12(2)14-9-7-13(8-10-14)11-21-19(26)17-18(24-25-23-17)22-16-6-4-3-5-15(16)20/h3-10,12H,11H2,1-2H3,(H,21,26)(H2,22,23,24,25). The molecule has 0 aliphatic heterocycles. The number of amides is 1. The van der Waals surface area contributed by atoms with Crippen LogP contribution in [0.5, 0.6) is 0 Å². The van der Waals surface area contributed by atoms with Crippen LogP contribution >= 0.6 is 0 Å². The fourth-order valence-corrected chi connectivity index (χ4v) is 2.45. The Morgan fingerprint density at radius 1 is 1.12 bits per heavy atom. The number of nitrogens with one attached hydrogen (secondary N) is 3. The predicted octanol–water partition coefficient (Wildman–Crippen LogP) is 3.74. The van der Waals surface area contributed by atoms with Gasteiger partial charge < -0.3 is 10.6 Å². The molecule has 0 bridgehead atoms. The number of nitrogens with zero attached hydrogens (tertiary/aromatic N) is 2. The Kier molecular flexibility index (Phi) is 5.26. The molecule has 134 valence electrons. The van der Waals surface area contributed by atoms with Gasteiger partial charge in [-0.05, 0) is 29.2 Å². The van der Waals surface area contributed by atoms with E-state index >= 15 is 0 Å². The van der Waals surface area contributed by atoms with Crippen LogP contribution in [0.4, 0.5) is 15.9 Å². The maximum absolute atomic E-state index is 13.8. The normalized spacial score (nSPS) is 10.8. The van der Waals surface area contributed by atoms with Crippen molar-refractivity contribution >= 4 is 17.4 Å². The lowest BCUT2D eigenvalue weighted by Crippen LogP contribution is -2.24. The molecule has 3 N–H and O–H groups in total. The van der Waals surface area contributed by atoms with E-state index in [0.717, 1.165) is 5.56 Å². The number of hydrogen-bond acceptors (Lipinski definition) is 4. The molecule has 1 heterocycles. The summed E-state index contributed by atoms with van der Waals surface area (Å²) in [6.45, 7) is 4.63. The molecular weight excluding hydrogens is 333 g/mol. The van der Waals surface area contributed by atoms with Crippen LogP contribution < -0.4 is 10.6 Å². The largest absolute Gasteiger partial charge is 0.346 e. The quantitative estimate of drug-likeness (QED) is 0.630. The molecule has 0 atom stereocenters. The summed E-state index contributed by atoms with van der Waals surface area (Å²) in [5.41, 5.74) is 2.52. The molecule has 0 spiro atoms. The molecule has 0 fully saturated rings. The topological polar surface area (TPSA) is 82.7 Å². The summed E-state index contributed by atoms with van der Waals surface area (Å²) in [5.74, 6) is -0.207. The molecule has 0 aliphatic rings. The van der Waals surface area contributed by atoms with Crippen molar-refractivity contribution in [2.45, 2.75) is 26.3 Å². The van der Waals surface area contributed by atoms with Crippen molar-refractivity contribution in [1.29, 1.82) is 0 Å². The van der Waals surface area contributed by atoms with E-state index in [2.05, 4.69) is 39.9 Å². The molecule has 7 heteroatoms. The van der Waals surface area contributed by atoms with E-state index in [1.807, 2.05) is 24.3 Å². The summed E-state index contributed by atoms with van der Waals surface area (Å²) < 4.78 is 13.8. The third-order valence-corrected chi connectivity index (χ3v) is 3.99. The minimum atomic E-state index is -0.438. The highest BCUT2D eigenvalue weighted by Crippen LogP contribution is 2.20. The maximum atomic E-state index is 13.8. The second-order valence-electron chi connectivity index (χ2n) is 6.20. The van der Waals surface area contributed by atoms with E-state index < -0.39 is 11.7 Å². The number of H-pyrrole nitrogens is 1. The van der Waals surface area contributed by atoms with E-state index in [1.54, 1.807) is 18.2 Å². The Morgan fingerprint density at radius 2 is 1.85 bits per heavy atom.